The highest BCUT2D eigenvalue weighted by atomic mass is 19.1. The molecule has 2 aromatic heterocycles. The monoisotopic (exact) mass is 414 g/mol. The van der Waals surface area contributed by atoms with Gasteiger partial charge in [0.1, 0.15) is 23.7 Å². The average molecular weight is 414 g/mol. The number of benzene rings is 1. The van der Waals surface area contributed by atoms with Gasteiger partial charge in [0.15, 0.2) is 11.6 Å². The van der Waals surface area contributed by atoms with Gasteiger partial charge >= 0.3 is 0 Å². The van der Waals surface area contributed by atoms with Crippen molar-refractivity contribution in [2.45, 2.75) is 31.8 Å². The minimum atomic E-state index is -0.299. The van der Waals surface area contributed by atoms with Crippen LogP contribution in [-0.4, -0.2) is 55.8 Å². The predicted octanol–water partition coefficient (Wildman–Crippen LogP) is 1.93. The Morgan fingerprint density at radius 2 is 2.17 bits per heavy atom. The summed E-state index contributed by atoms with van der Waals surface area (Å²) >= 11 is 0. The first kappa shape index (κ1) is 20.3. The van der Waals surface area contributed by atoms with E-state index in [1.54, 1.807) is 6.07 Å². The molecule has 4 rings (SSSR count). The molecule has 160 valence electrons. The van der Waals surface area contributed by atoms with Gasteiger partial charge in [0.05, 0.1) is 23.7 Å². The number of nitrogens with zero attached hydrogens (tertiary/aromatic N) is 5. The van der Waals surface area contributed by atoms with Crippen molar-refractivity contribution >= 4 is 28.4 Å². The third kappa shape index (κ3) is 3.88. The second kappa shape index (κ2) is 8.41. The Bertz CT molecular complexity index is 1040. The molecule has 30 heavy (non-hydrogen) atoms. The van der Waals surface area contributed by atoms with Crippen LogP contribution < -0.4 is 16.8 Å². The molecule has 0 saturated carbocycles. The minimum absolute atomic E-state index is 0.115. The molecule has 0 spiro atoms. The van der Waals surface area contributed by atoms with E-state index in [0.29, 0.717) is 12.4 Å². The number of aliphatic hydroxyl groups is 1. The number of nitrogen functional groups attached to an aromatic ring is 2. The number of nitrogens with two attached hydrogens (primary N) is 2. The zero-order valence-electron chi connectivity index (χ0n) is 16.9. The second-order valence-electron chi connectivity index (χ2n) is 7.68. The Balaban J connectivity index is 1.73. The number of anilines is 3. The Morgan fingerprint density at radius 1 is 1.33 bits per heavy atom. The number of hydrogen-bond acceptors (Lipinski definition) is 8. The Morgan fingerprint density at radius 3 is 2.97 bits per heavy atom. The van der Waals surface area contributed by atoms with Gasteiger partial charge in [0.25, 0.3) is 0 Å². The fraction of sp³-hybridized carbons (Fsp3) is 0.450. The van der Waals surface area contributed by atoms with Crippen LogP contribution in [-0.2, 0) is 0 Å². The van der Waals surface area contributed by atoms with Crippen LogP contribution in [0.1, 0.15) is 37.7 Å². The van der Waals surface area contributed by atoms with Crippen LogP contribution in [0.5, 0.6) is 0 Å². The fourth-order valence-corrected chi connectivity index (χ4v) is 4.15. The molecule has 10 heteroatoms. The van der Waals surface area contributed by atoms with E-state index in [2.05, 4.69) is 24.8 Å². The maximum absolute atomic E-state index is 14.1. The minimum Gasteiger partial charge on any atom is -0.395 e. The first-order chi connectivity index (χ1) is 14.5. The summed E-state index contributed by atoms with van der Waals surface area (Å²) in [7, 11) is 0. The van der Waals surface area contributed by atoms with Crippen molar-refractivity contribution in [3.05, 3.63) is 36.2 Å². The molecule has 0 bridgehead atoms. The maximum atomic E-state index is 14.1. The van der Waals surface area contributed by atoms with Gasteiger partial charge in [-0.25, -0.2) is 19.3 Å². The number of halogens is 1. The van der Waals surface area contributed by atoms with E-state index in [1.807, 2.05) is 6.92 Å². The summed E-state index contributed by atoms with van der Waals surface area (Å²) in [6, 6.07) is 4.50. The smallest absolute Gasteiger partial charge is 0.155 e. The number of imidazole rings is 1. The number of nitrogens with one attached hydrogen (secondary N) is 1. The van der Waals surface area contributed by atoms with Crippen molar-refractivity contribution in [3.8, 4) is 0 Å². The fourth-order valence-electron chi connectivity index (χ4n) is 4.15. The first-order valence-electron chi connectivity index (χ1n) is 10.1. The summed E-state index contributed by atoms with van der Waals surface area (Å²) < 4.78 is 16.2. The highest BCUT2D eigenvalue weighted by molar-refractivity contribution is 5.77. The van der Waals surface area contributed by atoms with E-state index in [9.17, 15) is 9.50 Å². The molecule has 0 radical (unpaired) electrons. The van der Waals surface area contributed by atoms with E-state index in [-0.39, 0.29) is 36.0 Å². The van der Waals surface area contributed by atoms with Crippen LogP contribution in [0.25, 0.3) is 11.0 Å². The standard InChI is InChI=1S/C20H27FN8O/c1-12(26-19-17(22)18(23)24-11-25-19)20-27-15-5-4-13(21)9-16(15)29(20)14-3-2-6-28(10-14)7-8-30/h4-5,9,11-12,14,30H,2-3,6-8,10,22H2,1H3,(H3,23,24,25,26)/t12-,14-/m0/s1. The second-order valence-corrected chi connectivity index (χ2v) is 7.68. The number of rotatable bonds is 6. The summed E-state index contributed by atoms with van der Waals surface area (Å²) in [5.41, 5.74) is 13.6. The number of fused-ring (bicyclic) bond motifs is 1. The van der Waals surface area contributed by atoms with Gasteiger partial charge in [-0.15, -0.1) is 0 Å². The number of β-amino-alcohol motifs (C(OH)–C–C–N with tert-alkyl or cyclic N) is 1. The third-order valence-electron chi connectivity index (χ3n) is 5.60. The molecule has 0 amide bonds. The van der Waals surface area contributed by atoms with Crippen LogP contribution in [0.2, 0.25) is 0 Å². The SMILES string of the molecule is C[C@H](Nc1ncnc(N)c1N)c1nc2ccc(F)cc2n1[C@H]1CCCN(CCO)C1. The highest BCUT2D eigenvalue weighted by Crippen LogP contribution is 2.32. The van der Waals surface area contributed by atoms with Crippen molar-refractivity contribution in [3.63, 3.8) is 0 Å². The lowest BCUT2D eigenvalue weighted by atomic mass is 10.0. The average Bonchev–Trinajstić information content (AvgIpc) is 3.10. The Labute approximate surface area is 173 Å². The lowest BCUT2D eigenvalue weighted by Crippen LogP contribution is -2.38. The van der Waals surface area contributed by atoms with Gasteiger partial charge in [-0.05, 0) is 44.5 Å². The lowest BCUT2D eigenvalue weighted by Gasteiger charge is -2.34. The molecule has 1 fully saturated rings. The van der Waals surface area contributed by atoms with Gasteiger partial charge < -0.3 is 26.5 Å². The molecule has 3 aromatic rings. The molecule has 9 nitrogen and oxygen atoms in total. The van der Waals surface area contributed by atoms with E-state index in [0.717, 1.165) is 42.8 Å². The third-order valence-corrected chi connectivity index (χ3v) is 5.60. The molecule has 0 unspecified atom stereocenters. The molecule has 1 aromatic carbocycles. The Hall–Kier alpha value is -2.98. The molecule has 6 N–H and O–H groups in total. The zero-order valence-corrected chi connectivity index (χ0v) is 16.9. The van der Waals surface area contributed by atoms with Crippen molar-refractivity contribution in [2.24, 2.45) is 0 Å². The number of likely N-dealkylation sites (tertiary alicyclic amines) is 1. The van der Waals surface area contributed by atoms with Gasteiger partial charge in [-0.2, -0.15) is 0 Å². The molecule has 1 aliphatic heterocycles. The first-order valence-corrected chi connectivity index (χ1v) is 10.1. The molecule has 3 heterocycles. The normalized spacial score (nSPS) is 18.6. The molecular weight excluding hydrogens is 387 g/mol. The Kier molecular flexibility index (Phi) is 5.69. The van der Waals surface area contributed by atoms with Gasteiger partial charge in [0, 0.05) is 19.1 Å². The summed E-state index contributed by atoms with van der Waals surface area (Å²) in [5, 5.41) is 12.6. The van der Waals surface area contributed by atoms with Crippen LogP contribution in [0.15, 0.2) is 24.5 Å². The van der Waals surface area contributed by atoms with Crippen LogP contribution in [0.4, 0.5) is 21.7 Å². The highest BCUT2D eigenvalue weighted by Gasteiger charge is 2.27. The largest absolute Gasteiger partial charge is 0.395 e. The number of piperidine rings is 1. The predicted molar refractivity (Wildman–Crippen MR) is 114 cm³/mol. The van der Waals surface area contributed by atoms with Crippen LogP contribution in [0.3, 0.4) is 0 Å². The summed E-state index contributed by atoms with van der Waals surface area (Å²) in [5.74, 6) is 1.11. The molecule has 2 atom stereocenters. The number of aliphatic hydroxyl groups excluding tert-OH is 1. The van der Waals surface area contributed by atoms with Gasteiger partial charge in [0.2, 0.25) is 0 Å². The van der Waals surface area contributed by atoms with Crippen LogP contribution >= 0.6 is 0 Å². The van der Waals surface area contributed by atoms with E-state index >= 15 is 0 Å². The van der Waals surface area contributed by atoms with Crippen molar-refractivity contribution in [1.29, 1.82) is 0 Å². The van der Waals surface area contributed by atoms with E-state index in [4.69, 9.17) is 16.5 Å². The number of aromatic nitrogens is 4. The van der Waals surface area contributed by atoms with Crippen molar-refractivity contribution in [2.75, 3.05) is 43.0 Å². The lowest BCUT2D eigenvalue weighted by molar-refractivity contribution is 0.142. The zero-order chi connectivity index (χ0) is 21.3. The summed E-state index contributed by atoms with van der Waals surface area (Å²) in [6.45, 7) is 4.41. The maximum Gasteiger partial charge on any atom is 0.155 e. The topological polar surface area (TPSA) is 131 Å². The van der Waals surface area contributed by atoms with E-state index in [1.165, 1.54) is 18.5 Å². The molecule has 0 aliphatic carbocycles. The van der Waals surface area contributed by atoms with Gasteiger partial charge in [-0.1, -0.05) is 0 Å². The van der Waals surface area contributed by atoms with Crippen molar-refractivity contribution < 1.29 is 9.50 Å². The van der Waals surface area contributed by atoms with Gasteiger partial charge in [-0.3, -0.25) is 4.90 Å². The molecule has 1 aliphatic rings. The molecular formula is C20H27FN8O. The number of hydrogen-bond donors (Lipinski definition) is 4. The summed E-state index contributed by atoms with van der Waals surface area (Å²) in [6.07, 6.45) is 3.30. The van der Waals surface area contributed by atoms with E-state index < -0.39 is 0 Å². The molecule has 1 saturated heterocycles. The quantitative estimate of drug-likeness (QED) is 0.481. The van der Waals surface area contributed by atoms with Crippen LogP contribution in [0, 0.1) is 5.82 Å². The van der Waals surface area contributed by atoms with Crippen molar-refractivity contribution in [1.82, 2.24) is 24.4 Å². The summed E-state index contributed by atoms with van der Waals surface area (Å²) in [4.78, 5) is 15.1.